The van der Waals surface area contributed by atoms with Gasteiger partial charge < -0.3 is 14.5 Å². The molecule has 0 fully saturated rings. The van der Waals surface area contributed by atoms with E-state index in [-0.39, 0.29) is 34.1 Å². The van der Waals surface area contributed by atoms with Gasteiger partial charge in [0.15, 0.2) is 5.75 Å². The second kappa shape index (κ2) is 8.76. The molecule has 0 aliphatic rings. The van der Waals surface area contributed by atoms with E-state index in [0.29, 0.717) is 5.76 Å². The first-order chi connectivity index (χ1) is 14.3. The fourth-order valence-corrected chi connectivity index (χ4v) is 3.62. The number of benzene rings is 2. The van der Waals surface area contributed by atoms with Crippen molar-refractivity contribution in [2.45, 2.75) is 11.4 Å². The second-order valence-electron chi connectivity index (χ2n) is 6.03. The summed E-state index contributed by atoms with van der Waals surface area (Å²) in [6, 6.07) is 12.7. The summed E-state index contributed by atoms with van der Waals surface area (Å²) in [7, 11) is -2.57. The van der Waals surface area contributed by atoms with Crippen molar-refractivity contribution in [3.63, 3.8) is 0 Å². The topological polar surface area (TPSA) is 141 Å². The molecule has 11 heteroatoms. The van der Waals surface area contributed by atoms with E-state index in [1.165, 1.54) is 49.8 Å². The van der Waals surface area contributed by atoms with Crippen LogP contribution in [0, 0.1) is 10.1 Å². The van der Waals surface area contributed by atoms with Gasteiger partial charge in [-0.15, -0.1) is 0 Å². The van der Waals surface area contributed by atoms with Gasteiger partial charge in [-0.05, 0) is 42.5 Å². The summed E-state index contributed by atoms with van der Waals surface area (Å²) >= 11 is 0. The molecule has 30 heavy (non-hydrogen) atoms. The number of amides is 1. The summed E-state index contributed by atoms with van der Waals surface area (Å²) < 4.78 is 37.3. The molecule has 0 radical (unpaired) electrons. The highest BCUT2D eigenvalue weighted by molar-refractivity contribution is 7.89. The van der Waals surface area contributed by atoms with Gasteiger partial charge in [0, 0.05) is 17.3 Å². The van der Waals surface area contributed by atoms with Crippen LogP contribution in [0.15, 0.2) is 70.2 Å². The van der Waals surface area contributed by atoms with Gasteiger partial charge in [0.2, 0.25) is 10.0 Å². The van der Waals surface area contributed by atoms with Crippen molar-refractivity contribution >= 4 is 27.3 Å². The molecule has 0 aliphatic heterocycles. The van der Waals surface area contributed by atoms with Crippen LogP contribution in [0.25, 0.3) is 0 Å². The Morgan fingerprint density at radius 3 is 2.63 bits per heavy atom. The highest BCUT2D eigenvalue weighted by Gasteiger charge is 2.19. The van der Waals surface area contributed by atoms with Gasteiger partial charge in [-0.3, -0.25) is 14.9 Å². The SMILES string of the molecule is COc1ccc(C(=O)Nc2cccc(S(=O)(=O)NCc3ccco3)c2)cc1[N+](=O)[O-]. The van der Waals surface area contributed by atoms with E-state index >= 15 is 0 Å². The van der Waals surface area contributed by atoms with Crippen molar-refractivity contribution in [1.82, 2.24) is 4.72 Å². The van der Waals surface area contributed by atoms with Gasteiger partial charge in [-0.25, -0.2) is 13.1 Å². The molecule has 1 amide bonds. The summed E-state index contributed by atoms with van der Waals surface area (Å²) in [6.45, 7) is -0.0264. The highest BCUT2D eigenvalue weighted by Crippen LogP contribution is 2.28. The minimum Gasteiger partial charge on any atom is -0.490 e. The maximum atomic E-state index is 12.5. The lowest BCUT2D eigenvalue weighted by Gasteiger charge is -2.09. The standard InChI is InChI=1S/C19H17N3O7S/c1-28-18-8-7-13(10-17(18)22(24)25)19(23)21-14-4-2-6-16(11-14)30(26,27)20-12-15-5-3-9-29-15/h2-11,20H,12H2,1H3,(H,21,23). The number of anilines is 1. The van der Waals surface area contributed by atoms with Gasteiger partial charge in [-0.2, -0.15) is 0 Å². The fraction of sp³-hybridized carbons (Fsp3) is 0.105. The molecule has 2 N–H and O–H groups in total. The fourth-order valence-electron chi connectivity index (χ4n) is 2.58. The van der Waals surface area contributed by atoms with Crippen molar-refractivity contribution in [2.75, 3.05) is 12.4 Å². The Morgan fingerprint density at radius 2 is 1.97 bits per heavy atom. The van der Waals surface area contributed by atoms with Gasteiger partial charge in [0.25, 0.3) is 5.91 Å². The Bertz CT molecular complexity index is 1170. The van der Waals surface area contributed by atoms with Crippen molar-refractivity contribution in [2.24, 2.45) is 0 Å². The maximum Gasteiger partial charge on any atom is 0.311 e. The monoisotopic (exact) mass is 431 g/mol. The number of nitro benzene ring substituents is 1. The van der Waals surface area contributed by atoms with E-state index in [4.69, 9.17) is 9.15 Å². The number of rotatable bonds is 8. The molecule has 1 heterocycles. The zero-order valence-corrected chi connectivity index (χ0v) is 16.5. The lowest BCUT2D eigenvalue weighted by atomic mass is 10.1. The first kappa shape index (κ1) is 21.0. The number of nitrogens with zero attached hydrogens (tertiary/aromatic N) is 1. The Morgan fingerprint density at radius 1 is 1.17 bits per heavy atom. The van der Waals surface area contributed by atoms with E-state index in [9.17, 15) is 23.3 Å². The third-order valence-corrected chi connectivity index (χ3v) is 5.46. The van der Waals surface area contributed by atoms with Crippen LogP contribution in [0.5, 0.6) is 5.75 Å². The average molecular weight is 431 g/mol. The quantitative estimate of drug-likeness (QED) is 0.413. The van der Waals surface area contributed by atoms with Gasteiger partial charge in [0.05, 0.1) is 29.7 Å². The molecule has 0 saturated carbocycles. The number of hydrogen-bond donors (Lipinski definition) is 2. The van der Waals surface area contributed by atoms with Crippen molar-refractivity contribution in [1.29, 1.82) is 0 Å². The minimum atomic E-state index is -3.85. The Balaban J connectivity index is 1.77. The zero-order valence-electron chi connectivity index (χ0n) is 15.7. The van der Waals surface area contributed by atoms with E-state index < -0.39 is 20.9 Å². The summed E-state index contributed by atoms with van der Waals surface area (Å²) in [6.07, 6.45) is 1.43. The van der Waals surface area contributed by atoms with Gasteiger partial charge >= 0.3 is 5.69 Å². The molecular weight excluding hydrogens is 414 g/mol. The minimum absolute atomic E-state index is 0.0201. The number of ether oxygens (including phenoxy) is 1. The largest absolute Gasteiger partial charge is 0.490 e. The maximum absolute atomic E-state index is 12.5. The lowest BCUT2D eigenvalue weighted by molar-refractivity contribution is -0.385. The molecule has 1 aromatic heterocycles. The predicted molar refractivity (Wildman–Crippen MR) is 107 cm³/mol. The van der Waals surface area contributed by atoms with Crippen LogP contribution >= 0.6 is 0 Å². The smallest absolute Gasteiger partial charge is 0.311 e. The molecular formula is C19H17N3O7S. The van der Waals surface area contributed by atoms with Crippen molar-refractivity contribution < 1.29 is 27.3 Å². The number of sulfonamides is 1. The van der Waals surface area contributed by atoms with Gasteiger partial charge in [-0.1, -0.05) is 6.07 Å². The third kappa shape index (κ3) is 4.82. The summed E-state index contributed by atoms with van der Waals surface area (Å²) in [5.74, 6) is -0.171. The molecule has 10 nitrogen and oxygen atoms in total. The lowest BCUT2D eigenvalue weighted by Crippen LogP contribution is -2.23. The molecule has 0 saturated heterocycles. The third-order valence-electron chi connectivity index (χ3n) is 4.06. The Kier molecular flexibility index (Phi) is 6.14. The van der Waals surface area contributed by atoms with Crippen LogP contribution in [0.1, 0.15) is 16.1 Å². The average Bonchev–Trinajstić information content (AvgIpc) is 3.26. The van der Waals surface area contributed by atoms with Crippen molar-refractivity contribution in [3.8, 4) is 5.75 Å². The highest BCUT2D eigenvalue weighted by atomic mass is 32.2. The van der Waals surface area contributed by atoms with Crippen LogP contribution in [0.3, 0.4) is 0 Å². The van der Waals surface area contributed by atoms with E-state index in [0.717, 1.165) is 6.07 Å². The molecule has 156 valence electrons. The molecule has 2 aromatic carbocycles. The summed E-state index contributed by atoms with van der Waals surface area (Å²) in [5.41, 5.74) is -0.130. The Labute approximate surface area is 171 Å². The number of nitro groups is 1. The molecule has 3 rings (SSSR count). The van der Waals surface area contributed by atoms with E-state index in [1.807, 2.05) is 0 Å². The number of hydrogen-bond acceptors (Lipinski definition) is 7. The predicted octanol–water partition coefficient (Wildman–Crippen LogP) is 2.93. The summed E-state index contributed by atoms with van der Waals surface area (Å²) in [5, 5.41) is 13.7. The van der Waals surface area contributed by atoms with E-state index in [1.54, 1.807) is 12.1 Å². The molecule has 0 unspecified atom stereocenters. The zero-order chi connectivity index (χ0) is 21.7. The molecule has 0 atom stereocenters. The first-order valence-electron chi connectivity index (χ1n) is 8.56. The Hall–Kier alpha value is -3.70. The molecule has 0 bridgehead atoms. The van der Waals surface area contributed by atoms with Crippen LogP contribution in [0.2, 0.25) is 0 Å². The van der Waals surface area contributed by atoms with Crippen LogP contribution < -0.4 is 14.8 Å². The number of methoxy groups -OCH3 is 1. The number of carbonyl (C=O) groups excluding carboxylic acids is 1. The van der Waals surface area contributed by atoms with Crippen LogP contribution in [0.4, 0.5) is 11.4 Å². The van der Waals surface area contributed by atoms with Crippen LogP contribution in [-0.4, -0.2) is 26.4 Å². The molecule has 0 aliphatic carbocycles. The van der Waals surface area contributed by atoms with Gasteiger partial charge in [0.1, 0.15) is 5.76 Å². The number of carbonyl (C=O) groups is 1. The molecule has 3 aromatic rings. The molecule has 0 spiro atoms. The normalized spacial score (nSPS) is 11.1. The number of furan rings is 1. The van der Waals surface area contributed by atoms with Crippen molar-refractivity contribution in [3.05, 3.63) is 82.3 Å². The first-order valence-corrected chi connectivity index (χ1v) is 10.0. The second-order valence-corrected chi connectivity index (χ2v) is 7.80. The van der Waals surface area contributed by atoms with E-state index in [2.05, 4.69) is 10.0 Å². The number of nitrogens with one attached hydrogen (secondary N) is 2. The summed E-state index contributed by atoms with van der Waals surface area (Å²) in [4.78, 5) is 22.9. The van der Waals surface area contributed by atoms with Crippen LogP contribution in [-0.2, 0) is 16.6 Å².